The Kier molecular flexibility index (Phi) is 5.25. The summed E-state index contributed by atoms with van der Waals surface area (Å²) in [5, 5.41) is 0. The van der Waals surface area contributed by atoms with E-state index in [1.54, 1.807) is 0 Å². The summed E-state index contributed by atoms with van der Waals surface area (Å²) in [5.41, 5.74) is 0. The molecule has 0 aromatic rings. The number of hydrogen-bond acceptors (Lipinski definition) is 2. The van der Waals surface area contributed by atoms with Crippen LogP contribution in [0.3, 0.4) is 0 Å². The molecular formula is C8H17ClN2O. The number of nitrogens with zero attached hydrogens (tertiary/aromatic N) is 2. The fraction of sp³-hybridized carbons (Fsp3) is 0.875. The molecule has 0 aromatic heterocycles. The minimum absolute atomic E-state index is 0. The van der Waals surface area contributed by atoms with Crippen molar-refractivity contribution < 1.29 is 4.79 Å². The van der Waals surface area contributed by atoms with Crippen LogP contribution in [0.15, 0.2) is 0 Å². The number of piperazine rings is 1. The molecule has 0 atom stereocenters. The van der Waals surface area contributed by atoms with Crippen LogP contribution >= 0.6 is 12.4 Å². The summed E-state index contributed by atoms with van der Waals surface area (Å²) in [6.45, 7) is 8.21. The maximum Gasteiger partial charge on any atom is 0.209 e. The summed E-state index contributed by atoms with van der Waals surface area (Å²) in [5.74, 6) is 0. The van der Waals surface area contributed by atoms with Crippen molar-refractivity contribution in [2.24, 2.45) is 0 Å². The van der Waals surface area contributed by atoms with Gasteiger partial charge < -0.3 is 4.90 Å². The fourth-order valence-corrected chi connectivity index (χ4v) is 1.36. The zero-order valence-electron chi connectivity index (χ0n) is 7.69. The van der Waals surface area contributed by atoms with Crippen LogP contribution in [0.25, 0.3) is 0 Å². The predicted octanol–water partition coefficient (Wildman–Crippen LogP) is 0.591. The van der Waals surface area contributed by atoms with Crippen LogP contribution in [0.4, 0.5) is 0 Å². The van der Waals surface area contributed by atoms with E-state index in [0.29, 0.717) is 6.04 Å². The largest absolute Gasteiger partial charge is 0.343 e. The summed E-state index contributed by atoms with van der Waals surface area (Å²) in [7, 11) is 0. The first-order valence-electron chi connectivity index (χ1n) is 4.17. The van der Waals surface area contributed by atoms with Crippen LogP contribution in [0.5, 0.6) is 0 Å². The lowest BCUT2D eigenvalue weighted by Crippen LogP contribution is -2.48. The van der Waals surface area contributed by atoms with Gasteiger partial charge in [0.2, 0.25) is 6.41 Å². The molecule has 1 rings (SSSR count). The summed E-state index contributed by atoms with van der Waals surface area (Å²) in [4.78, 5) is 14.6. The zero-order chi connectivity index (χ0) is 8.27. The van der Waals surface area contributed by atoms with Crippen LogP contribution in [0.1, 0.15) is 13.8 Å². The molecule has 1 aliphatic heterocycles. The molecule has 0 aromatic carbocycles. The van der Waals surface area contributed by atoms with Crippen molar-refractivity contribution in [3.63, 3.8) is 0 Å². The third-order valence-electron chi connectivity index (χ3n) is 2.23. The normalized spacial score (nSPS) is 19.1. The van der Waals surface area contributed by atoms with Gasteiger partial charge in [-0.15, -0.1) is 12.4 Å². The Hall–Kier alpha value is -0.280. The lowest BCUT2D eigenvalue weighted by atomic mass is 10.2. The SMILES string of the molecule is CC(C)N1CCN(C=O)CC1.Cl. The topological polar surface area (TPSA) is 23.6 Å². The van der Waals surface area contributed by atoms with Crippen molar-refractivity contribution in [2.45, 2.75) is 19.9 Å². The Bertz CT molecular complexity index is 133. The summed E-state index contributed by atoms with van der Waals surface area (Å²) in [6.07, 6.45) is 0.942. The molecule has 3 nitrogen and oxygen atoms in total. The van der Waals surface area contributed by atoms with Crippen LogP contribution in [-0.2, 0) is 4.79 Å². The van der Waals surface area contributed by atoms with E-state index in [-0.39, 0.29) is 12.4 Å². The number of hydrogen-bond donors (Lipinski definition) is 0. The van der Waals surface area contributed by atoms with Crippen LogP contribution in [0, 0.1) is 0 Å². The molecule has 0 aliphatic carbocycles. The second-order valence-corrected chi connectivity index (χ2v) is 3.27. The lowest BCUT2D eigenvalue weighted by Gasteiger charge is -2.34. The smallest absolute Gasteiger partial charge is 0.209 e. The minimum Gasteiger partial charge on any atom is -0.343 e. The first kappa shape index (κ1) is 11.7. The highest BCUT2D eigenvalue weighted by Gasteiger charge is 2.16. The first-order chi connectivity index (χ1) is 5.24. The number of halogens is 1. The van der Waals surface area contributed by atoms with Gasteiger partial charge in [0.05, 0.1) is 0 Å². The molecule has 0 spiro atoms. The second-order valence-electron chi connectivity index (χ2n) is 3.27. The van der Waals surface area contributed by atoms with E-state index in [2.05, 4.69) is 18.7 Å². The van der Waals surface area contributed by atoms with Gasteiger partial charge in [-0.2, -0.15) is 0 Å². The molecule has 72 valence electrons. The molecule has 0 radical (unpaired) electrons. The van der Waals surface area contributed by atoms with E-state index < -0.39 is 0 Å². The van der Waals surface area contributed by atoms with Gasteiger partial charge in [0.1, 0.15) is 0 Å². The average molecular weight is 193 g/mol. The van der Waals surface area contributed by atoms with Crippen molar-refractivity contribution in [1.29, 1.82) is 0 Å². The molecule has 0 N–H and O–H groups in total. The monoisotopic (exact) mass is 192 g/mol. The second kappa shape index (κ2) is 5.38. The first-order valence-corrected chi connectivity index (χ1v) is 4.17. The van der Waals surface area contributed by atoms with Gasteiger partial charge in [-0.25, -0.2) is 0 Å². The van der Waals surface area contributed by atoms with Gasteiger partial charge in [0, 0.05) is 32.2 Å². The molecule has 4 heteroatoms. The molecule has 0 saturated carbocycles. The van der Waals surface area contributed by atoms with Crippen LogP contribution in [0.2, 0.25) is 0 Å². The number of rotatable bonds is 2. The highest BCUT2D eigenvalue weighted by molar-refractivity contribution is 5.85. The third-order valence-corrected chi connectivity index (χ3v) is 2.23. The molecular weight excluding hydrogens is 176 g/mol. The molecule has 1 heterocycles. The lowest BCUT2D eigenvalue weighted by molar-refractivity contribution is -0.119. The molecule has 1 saturated heterocycles. The Balaban J connectivity index is 0.00000121. The van der Waals surface area contributed by atoms with Crippen molar-refractivity contribution in [3.8, 4) is 0 Å². The highest BCUT2D eigenvalue weighted by Crippen LogP contribution is 2.03. The predicted molar refractivity (Wildman–Crippen MR) is 51.6 cm³/mol. The van der Waals surface area contributed by atoms with Crippen molar-refractivity contribution >= 4 is 18.8 Å². The maximum absolute atomic E-state index is 10.3. The van der Waals surface area contributed by atoms with Gasteiger partial charge in [-0.1, -0.05) is 0 Å². The van der Waals surface area contributed by atoms with Crippen LogP contribution in [-0.4, -0.2) is 48.4 Å². The maximum atomic E-state index is 10.3. The van der Waals surface area contributed by atoms with Crippen molar-refractivity contribution in [3.05, 3.63) is 0 Å². The van der Waals surface area contributed by atoms with Gasteiger partial charge in [-0.3, -0.25) is 9.69 Å². The fourth-order valence-electron chi connectivity index (χ4n) is 1.36. The zero-order valence-corrected chi connectivity index (χ0v) is 8.51. The standard InChI is InChI=1S/C8H16N2O.ClH/c1-8(2)10-5-3-9(7-11)4-6-10;/h7-8H,3-6H2,1-2H3;1H. The molecule has 0 unspecified atom stereocenters. The van der Waals surface area contributed by atoms with Crippen LogP contribution < -0.4 is 0 Å². The van der Waals surface area contributed by atoms with Crippen molar-refractivity contribution in [2.75, 3.05) is 26.2 Å². The van der Waals surface area contributed by atoms with Gasteiger partial charge in [-0.05, 0) is 13.8 Å². The number of carbonyl (C=O) groups excluding carboxylic acids is 1. The summed E-state index contributed by atoms with van der Waals surface area (Å²) >= 11 is 0. The Morgan fingerprint density at radius 1 is 1.17 bits per heavy atom. The van der Waals surface area contributed by atoms with E-state index >= 15 is 0 Å². The number of carbonyl (C=O) groups is 1. The highest BCUT2D eigenvalue weighted by atomic mass is 35.5. The molecule has 1 amide bonds. The van der Waals surface area contributed by atoms with E-state index in [1.807, 2.05) is 4.90 Å². The van der Waals surface area contributed by atoms with E-state index in [9.17, 15) is 4.79 Å². The van der Waals surface area contributed by atoms with Gasteiger partial charge >= 0.3 is 0 Å². The Morgan fingerprint density at radius 2 is 1.67 bits per heavy atom. The quantitative estimate of drug-likeness (QED) is 0.598. The Labute approximate surface area is 80.1 Å². The molecule has 12 heavy (non-hydrogen) atoms. The Morgan fingerprint density at radius 3 is 2.00 bits per heavy atom. The molecule has 0 bridgehead atoms. The van der Waals surface area contributed by atoms with E-state index in [0.717, 1.165) is 32.6 Å². The number of amides is 1. The van der Waals surface area contributed by atoms with Gasteiger partial charge in [0.15, 0.2) is 0 Å². The third kappa shape index (κ3) is 2.99. The van der Waals surface area contributed by atoms with Gasteiger partial charge in [0.25, 0.3) is 0 Å². The summed E-state index contributed by atoms with van der Waals surface area (Å²) in [6, 6.07) is 0.615. The molecule has 1 fully saturated rings. The minimum atomic E-state index is 0. The van der Waals surface area contributed by atoms with Crippen molar-refractivity contribution in [1.82, 2.24) is 9.80 Å². The average Bonchev–Trinajstić information content (AvgIpc) is 2.05. The van der Waals surface area contributed by atoms with E-state index in [4.69, 9.17) is 0 Å². The summed E-state index contributed by atoms with van der Waals surface area (Å²) < 4.78 is 0. The molecule has 1 aliphatic rings. The van der Waals surface area contributed by atoms with E-state index in [1.165, 1.54) is 0 Å².